The lowest BCUT2D eigenvalue weighted by atomic mass is 10.2. The van der Waals surface area contributed by atoms with Gasteiger partial charge in [-0.1, -0.05) is 0 Å². The van der Waals surface area contributed by atoms with Crippen molar-refractivity contribution in [3.05, 3.63) is 35.5 Å². The minimum absolute atomic E-state index is 0.677. The highest BCUT2D eigenvalue weighted by Gasteiger charge is 2.04. The highest BCUT2D eigenvalue weighted by molar-refractivity contribution is 6.17. The summed E-state index contributed by atoms with van der Waals surface area (Å²) in [6.07, 6.45) is 5.77. The Hall–Kier alpha value is -1.42. The summed E-state index contributed by atoms with van der Waals surface area (Å²) in [5.41, 5.74) is 2.13. The molecule has 2 rings (SSSR count). The van der Waals surface area contributed by atoms with Crippen LogP contribution < -0.4 is 0 Å². The summed E-state index contributed by atoms with van der Waals surface area (Å²) >= 11 is 5.67. The number of alkyl halides is 1. The van der Waals surface area contributed by atoms with Crippen LogP contribution in [0.15, 0.2) is 18.5 Å². The summed E-state index contributed by atoms with van der Waals surface area (Å²) in [6, 6.07) is 1.92. The van der Waals surface area contributed by atoms with Gasteiger partial charge in [-0.25, -0.2) is 14.6 Å². The lowest BCUT2D eigenvalue weighted by molar-refractivity contribution is 0.820. The smallest absolute Gasteiger partial charge is 0.157 e. The van der Waals surface area contributed by atoms with Gasteiger partial charge in [-0.15, -0.1) is 11.6 Å². The molecule has 5 heteroatoms. The van der Waals surface area contributed by atoms with E-state index in [0.717, 1.165) is 30.2 Å². The van der Waals surface area contributed by atoms with Gasteiger partial charge >= 0.3 is 0 Å². The lowest BCUT2D eigenvalue weighted by Gasteiger charge is -2.02. The minimum atomic E-state index is 0.677. The molecule has 0 amide bonds. The first-order chi connectivity index (χ1) is 8.19. The van der Waals surface area contributed by atoms with Crippen molar-refractivity contribution in [3.8, 4) is 5.82 Å². The maximum absolute atomic E-state index is 5.67. The zero-order chi connectivity index (χ0) is 12.3. The third kappa shape index (κ3) is 3.03. The van der Waals surface area contributed by atoms with Crippen LogP contribution >= 0.6 is 11.6 Å². The summed E-state index contributed by atoms with van der Waals surface area (Å²) < 4.78 is 1.78. The summed E-state index contributed by atoms with van der Waals surface area (Å²) in [4.78, 5) is 8.61. The lowest BCUT2D eigenvalue weighted by Crippen LogP contribution is -2.02. The summed E-state index contributed by atoms with van der Waals surface area (Å²) in [5.74, 6) is 2.25. The Labute approximate surface area is 106 Å². The predicted molar refractivity (Wildman–Crippen MR) is 67.7 cm³/mol. The zero-order valence-corrected chi connectivity index (χ0v) is 10.8. The van der Waals surface area contributed by atoms with Crippen LogP contribution in [0.5, 0.6) is 0 Å². The van der Waals surface area contributed by atoms with E-state index in [9.17, 15) is 0 Å². The number of aryl methyl sites for hydroxylation is 3. The Morgan fingerprint density at radius 2 is 2.12 bits per heavy atom. The monoisotopic (exact) mass is 250 g/mol. The molecule has 90 valence electrons. The van der Waals surface area contributed by atoms with Crippen LogP contribution in [0.1, 0.15) is 23.5 Å². The van der Waals surface area contributed by atoms with Gasteiger partial charge in [0.2, 0.25) is 0 Å². The average Bonchev–Trinajstić information content (AvgIpc) is 2.73. The molecule has 0 aliphatic rings. The van der Waals surface area contributed by atoms with Crippen molar-refractivity contribution in [2.75, 3.05) is 5.88 Å². The Bertz CT molecular complexity index is 487. The van der Waals surface area contributed by atoms with E-state index in [2.05, 4.69) is 15.1 Å². The van der Waals surface area contributed by atoms with Crippen molar-refractivity contribution >= 4 is 11.6 Å². The van der Waals surface area contributed by atoms with Crippen molar-refractivity contribution in [3.63, 3.8) is 0 Å². The molecule has 2 aromatic rings. The molecule has 2 aromatic heterocycles. The van der Waals surface area contributed by atoms with Crippen molar-refractivity contribution in [2.45, 2.75) is 26.7 Å². The summed E-state index contributed by atoms with van der Waals surface area (Å²) in [7, 11) is 0. The topological polar surface area (TPSA) is 43.6 Å². The van der Waals surface area contributed by atoms with Gasteiger partial charge in [0.05, 0.1) is 6.20 Å². The highest BCUT2D eigenvalue weighted by atomic mass is 35.5. The van der Waals surface area contributed by atoms with E-state index < -0.39 is 0 Å². The second-order valence-corrected chi connectivity index (χ2v) is 4.38. The van der Waals surface area contributed by atoms with E-state index in [-0.39, 0.29) is 0 Å². The van der Waals surface area contributed by atoms with Crippen LogP contribution in [-0.4, -0.2) is 25.6 Å². The fraction of sp³-hybridized carbons (Fsp3) is 0.417. The van der Waals surface area contributed by atoms with E-state index in [1.54, 1.807) is 4.68 Å². The van der Waals surface area contributed by atoms with Gasteiger partial charge in [0.25, 0.3) is 0 Å². The quantitative estimate of drug-likeness (QED) is 0.783. The number of aromatic nitrogens is 4. The third-order valence-corrected chi connectivity index (χ3v) is 2.69. The Kier molecular flexibility index (Phi) is 3.74. The van der Waals surface area contributed by atoms with Crippen molar-refractivity contribution in [1.29, 1.82) is 0 Å². The highest BCUT2D eigenvalue weighted by Crippen LogP contribution is 2.09. The van der Waals surface area contributed by atoms with Crippen LogP contribution in [0.3, 0.4) is 0 Å². The Morgan fingerprint density at radius 3 is 2.82 bits per heavy atom. The van der Waals surface area contributed by atoms with Gasteiger partial charge in [-0.3, -0.25) is 0 Å². The molecule has 0 saturated heterocycles. The maximum atomic E-state index is 5.67. The van der Waals surface area contributed by atoms with Crippen LogP contribution in [0, 0.1) is 13.8 Å². The molecule has 0 aliphatic heterocycles. The number of hydrogen-bond donors (Lipinski definition) is 0. The van der Waals surface area contributed by atoms with Crippen LogP contribution in [-0.2, 0) is 6.42 Å². The molecular weight excluding hydrogens is 236 g/mol. The SMILES string of the molecule is Cc1cc(-n2cc(CCCCl)cn2)nc(C)n1. The summed E-state index contributed by atoms with van der Waals surface area (Å²) in [5, 5.41) is 4.30. The van der Waals surface area contributed by atoms with Gasteiger partial charge in [0.15, 0.2) is 5.82 Å². The van der Waals surface area contributed by atoms with Gasteiger partial charge in [0, 0.05) is 23.8 Å². The second-order valence-electron chi connectivity index (χ2n) is 4.00. The molecule has 0 aromatic carbocycles. The van der Waals surface area contributed by atoms with Crippen LogP contribution in [0.25, 0.3) is 5.82 Å². The molecule has 4 nitrogen and oxygen atoms in total. The van der Waals surface area contributed by atoms with Crippen LogP contribution in [0.2, 0.25) is 0 Å². The molecular formula is C12H15ClN4. The minimum Gasteiger partial charge on any atom is -0.238 e. The molecule has 0 atom stereocenters. The average molecular weight is 251 g/mol. The van der Waals surface area contributed by atoms with E-state index >= 15 is 0 Å². The molecule has 0 aliphatic carbocycles. The van der Waals surface area contributed by atoms with Gasteiger partial charge in [0.1, 0.15) is 5.82 Å². The third-order valence-electron chi connectivity index (χ3n) is 2.42. The number of hydrogen-bond acceptors (Lipinski definition) is 3. The normalized spacial score (nSPS) is 10.8. The molecule has 0 spiro atoms. The molecule has 0 unspecified atom stereocenters. The fourth-order valence-electron chi connectivity index (χ4n) is 1.70. The standard InChI is InChI=1S/C12H15ClN4/c1-9-6-12(16-10(2)15-9)17-8-11(7-14-17)4-3-5-13/h6-8H,3-5H2,1-2H3. The Balaban J connectivity index is 2.24. The number of rotatable bonds is 4. The van der Waals surface area contributed by atoms with Crippen molar-refractivity contribution < 1.29 is 0 Å². The maximum Gasteiger partial charge on any atom is 0.157 e. The first-order valence-electron chi connectivity index (χ1n) is 5.61. The van der Waals surface area contributed by atoms with Gasteiger partial charge < -0.3 is 0 Å². The molecule has 0 bridgehead atoms. The largest absolute Gasteiger partial charge is 0.238 e. The fourth-order valence-corrected chi connectivity index (χ4v) is 1.83. The number of halogens is 1. The van der Waals surface area contributed by atoms with Gasteiger partial charge in [-0.05, 0) is 32.3 Å². The zero-order valence-electron chi connectivity index (χ0n) is 10.0. The van der Waals surface area contributed by atoms with Gasteiger partial charge in [-0.2, -0.15) is 5.10 Å². The Morgan fingerprint density at radius 1 is 1.29 bits per heavy atom. The van der Waals surface area contributed by atoms with Crippen molar-refractivity contribution in [1.82, 2.24) is 19.7 Å². The predicted octanol–water partition coefficient (Wildman–Crippen LogP) is 2.45. The van der Waals surface area contributed by atoms with E-state index in [4.69, 9.17) is 11.6 Å². The molecule has 0 radical (unpaired) electrons. The van der Waals surface area contributed by atoms with Crippen LogP contribution in [0.4, 0.5) is 0 Å². The van der Waals surface area contributed by atoms with Crippen molar-refractivity contribution in [2.24, 2.45) is 0 Å². The van der Waals surface area contributed by atoms with E-state index in [0.29, 0.717) is 5.88 Å². The number of nitrogens with zero attached hydrogens (tertiary/aromatic N) is 4. The second kappa shape index (κ2) is 5.27. The van der Waals surface area contributed by atoms with E-state index in [1.807, 2.05) is 32.3 Å². The summed E-state index contributed by atoms with van der Waals surface area (Å²) in [6.45, 7) is 3.84. The first-order valence-corrected chi connectivity index (χ1v) is 6.14. The molecule has 0 N–H and O–H groups in total. The molecule has 0 fully saturated rings. The first kappa shape index (κ1) is 12.0. The molecule has 2 heterocycles. The van der Waals surface area contributed by atoms with E-state index in [1.165, 1.54) is 5.56 Å². The molecule has 17 heavy (non-hydrogen) atoms. The molecule has 0 saturated carbocycles.